The van der Waals surface area contributed by atoms with Gasteiger partial charge >= 0.3 is 0 Å². The molecule has 174 valence electrons. The maximum absolute atomic E-state index is 12.5. The van der Waals surface area contributed by atoms with E-state index in [1.165, 1.54) is 19.3 Å². The molecule has 4 saturated carbocycles. The van der Waals surface area contributed by atoms with Crippen molar-refractivity contribution in [1.29, 1.82) is 0 Å². The number of nitrogens with one attached hydrogen (secondary N) is 2. The van der Waals surface area contributed by atoms with Crippen LogP contribution in [0, 0.1) is 17.8 Å². The molecule has 2 aromatic carbocycles. The lowest BCUT2D eigenvalue weighted by atomic mass is 9.53. The molecule has 6 nitrogen and oxygen atoms in total. The van der Waals surface area contributed by atoms with Crippen molar-refractivity contribution < 1.29 is 19.1 Å². The van der Waals surface area contributed by atoms with Crippen LogP contribution in [-0.4, -0.2) is 30.6 Å². The molecule has 0 radical (unpaired) electrons. The molecule has 2 N–H and O–H groups in total. The van der Waals surface area contributed by atoms with E-state index in [1.807, 2.05) is 42.5 Å². The van der Waals surface area contributed by atoms with Gasteiger partial charge in [0.15, 0.2) is 0 Å². The van der Waals surface area contributed by atoms with Gasteiger partial charge in [-0.05, 0) is 86.1 Å². The highest BCUT2D eigenvalue weighted by molar-refractivity contribution is 5.92. The summed E-state index contributed by atoms with van der Waals surface area (Å²) in [6.07, 6.45) is 7.34. The fourth-order valence-electron chi connectivity index (χ4n) is 6.40. The van der Waals surface area contributed by atoms with Crippen molar-refractivity contribution in [3.05, 3.63) is 60.2 Å². The van der Waals surface area contributed by atoms with Gasteiger partial charge in [-0.15, -0.1) is 0 Å². The van der Waals surface area contributed by atoms with Crippen molar-refractivity contribution in [3.63, 3.8) is 0 Å². The van der Waals surface area contributed by atoms with Crippen molar-refractivity contribution >= 4 is 17.5 Å². The summed E-state index contributed by atoms with van der Waals surface area (Å²) in [6.45, 7) is 0.258. The lowest BCUT2D eigenvalue weighted by molar-refractivity contribution is -0.133. The number of ether oxygens (including phenoxy) is 2. The van der Waals surface area contributed by atoms with Gasteiger partial charge in [0.2, 0.25) is 11.8 Å². The number of carbonyl (C=O) groups excluding carboxylic acids is 2. The van der Waals surface area contributed by atoms with E-state index < -0.39 is 0 Å². The van der Waals surface area contributed by atoms with Crippen LogP contribution in [0.2, 0.25) is 0 Å². The summed E-state index contributed by atoms with van der Waals surface area (Å²) in [6, 6.07) is 17.2. The highest BCUT2D eigenvalue weighted by Gasteiger charge is 2.51. The molecule has 0 aromatic heterocycles. The van der Waals surface area contributed by atoms with Crippen LogP contribution in [0.25, 0.3) is 0 Å². The summed E-state index contributed by atoms with van der Waals surface area (Å²) in [5, 5.41) is 6.06. The molecule has 4 bridgehead atoms. The van der Waals surface area contributed by atoms with Gasteiger partial charge < -0.3 is 20.1 Å². The second-order valence-corrected chi connectivity index (χ2v) is 10.1. The molecule has 33 heavy (non-hydrogen) atoms. The lowest BCUT2D eigenvalue weighted by Gasteiger charge is -2.56. The van der Waals surface area contributed by atoms with Gasteiger partial charge in [-0.2, -0.15) is 0 Å². The van der Waals surface area contributed by atoms with Crippen LogP contribution in [0.4, 0.5) is 5.69 Å². The maximum Gasteiger partial charge on any atom is 0.250 e. The van der Waals surface area contributed by atoms with Crippen LogP contribution in [0.5, 0.6) is 5.75 Å². The van der Waals surface area contributed by atoms with E-state index in [0.29, 0.717) is 12.3 Å². The first kappa shape index (κ1) is 22.0. The summed E-state index contributed by atoms with van der Waals surface area (Å²) < 4.78 is 11.2. The van der Waals surface area contributed by atoms with Crippen molar-refractivity contribution in [1.82, 2.24) is 5.32 Å². The van der Waals surface area contributed by atoms with Crippen LogP contribution in [0.15, 0.2) is 54.6 Å². The number of hydrogen-bond donors (Lipinski definition) is 2. The molecule has 0 unspecified atom stereocenters. The molecule has 0 saturated heterocycles. The molecule has 0 atom stereocenters. The monoisotopic (exact) mass is 448 g/mol. The minimum atomic E-state index is -0.282. The van der Waals surface area contributed by atoms with Crippen LogP contribution in [-0.2, 0) is 20.9 Å². The minimum Gasteiger partial charge on any atom is -0.489 e. The van der Waals surface area contributed by atoms with E-state index in [0.717, 1.165) is 48.3 Å². The van der Waals surface area contributed by atoms with Gasteiger partial charge in [0.25, 0.3) is 0 Å². The Bertz CT molecular complexity index is 938. The van der Waals surface area contributed by atoms with E-state index >= 15 is 0 Å². The normalized spacial score (nSPS) is 27.2. The number of carbonyl (C=O) groups is 2. The van der Waals surface area contributed by atoms with Gasteiger partial charge in [0, 0.05) is 11.2 Å². The van der Waals surface area contributed by atoms with Crippen molar-refractivity contribution in [2.45, 2.75) is 50.7 Å². The van der Waals surface area contributed by atoms with Crippen LogP contribution >= 0.6 is 0 Å². The molecule has 4 aliphatic carbocycles. The molecule has 4 aliphatic rings. The van der Waals surface area contributed by atoms with Gasteiger partial charge in [0.05, 0.1) is 0 Å². The maximum atomic E-state index is 12.5. The van der Waals surface area contributed by atoms with Gasteiger partial charge in [-0.3, -0.25) is 9.59 Å². The van der Waals surface area contributed by atoms with Crippen molar-refractivity contribution in [2.24, 2.45) is 17.8 Å². The first-order valence-electron chi connectivity index (χ1n) is 12.0. The van der Waals surface area contributed by atoms with Crippen LogP contribution in [0.1, 0.15) is 44.1 Å². The Balaban J connectivity index is 1.02. The standard InChI is InChI=1S/C27H32N2O4/c30-25(28-23-6-8-24(9-7-23)33-16-19-4-2-1-3-5-19)17-32-18-26(31)29-27-13-20-10-21(14-27)12-22(11-20)15-27/h1-9,20-22H,10-18H2,(H,28,30)(H,29,31). The third-order valence-corrected chi connectivity index (χ3v) is 7.30. The molecule has 0 spiro atoms. The average molecular weight is 449 g/mol. The highest BCUT2D eigenvalue weighted by atomic mass is 16.5. The zero-order valence-electron chi connectivity index (χ0n) is 18.9. The van der Waals surface area contributed by atoms with Crippen LogP contribution < -0.4 is 15.4 Å². The van der Waals surface area contributed by atoms with E-state index in [4.69, 9.17) is 9.47 Å². The third kappa shape index (κ3) is 5.56. The number of benzene rings is 2. The van der Waals surface area contributed by atoms with Gasteiger partial charge in [0.1, 0.15) is 25.6 Å². The topological polar surface area (TPSA) is 76.7 Å². The number of amides is 2. The molecule has 0 aliphatic heterocycles. The largest absolute Gasteiger partial charge is 0.489 e. The van der Waals surface area contributed by atoms with Crippen molar-refractivity contribution in [3.8, 4) is 5.75 Å². The molecule has 6 heteroatoms. The zero-order valence-corrected chi connectivity index (χ0v) is 18.9. The quantitative estimate of drug-likeness (QED) is 0.600. The third-order valence-electron chi connectivity index (χ3n) is 7.30. The molecule has 6 rings (SSSR count). The van der Waals surface area contributed by atoms with Crippen molar-refractivity contribution in [2.75, 3.05) is 18.5 Å². The Labute approximate surface area is 195 Å². The summed E-state index contributed by atoms with van der Waals surface area (Å²) in [5.41, 5.74) is 1.73. The second kappa shape index (κ2) is 9.56. The van der Waals surface area contributed by atoms with E-state index in [2.05, 4.69) is 10.6 Å². The van der Waals surface area contributed by atoms with Crippen LogP contribution in [0.3, 0.4) is 0 Å². The van der Waals surface area contributed by atoms with Gasteiger partial charge in [-0.1, -0.05) is 30.3 Å². The zero-order chi connectivity index (χ0) is 22.7. The molecular formula is C27H32N2O4. The Kier molecular flexibility index (Phi) is 6.36. The predicted molar refractivity (Wildman–Crippen MR) is 126 cm³/mol. The molecule has 0 heterocycles. The van der Waals surface area contributed by atoms with E-state index in [-0.39, 0.29) is 30.6 Å². The number of rotatable bonds is 9. The molecule has 4 fully saturated rings. The smallest absolute Gasteiger partial charge is 0.250 e. The summed E-state index contributed by atoms with van der Waals surface area (Å²) in [4.78, 5) is 24.7. The minimum absolute atomic E-state index is 0.0260. The average Bonchev–Trinajstić information content (AvgIpc) is 2.78. The lowest BCUT2D eigenvalue weighted by Crippen LogP contribution is -2.60. The Morgan fingerprint density at radius 3 is 2.06 bits per heavy atom. The number of hydrogen-bond acceptors (Lipinski definition) is 4. The SMILES string of the molecule is O=C(COCC(=O)NC12CC3CC(CC(C3)C1)C2)Nc1ccc(OCc2ccccc2)cc1. The second-order valence-electron chi connectivity index (χ2n) is 10.1. The summed E-state index contributed by atoms with van der Waals surface area (Å²) >= 11 is 0. The Hall–Kier alpha value is -2.86. The molecular weight excluding hydrogens is 416 g/mol. The molecule has 2 aromatic rings. The Morgan fingerprint density at radius 2 is 1.42 bits per heavy atom. The fourth-order valence-corrected chi connectivity index (χ4v) is 6.40. The van der Waals surface area contributed by atoms with E-state index in [1.54, 1.807) is 12.1 Å². The first-order chi connectivity index (χ1) is 16.1. The highest BCUT2D eigenvalue weighted by Crippen LogP contribution is 2.55. The Morgan fingerprint density at radius 1 is 0.818 bits per heavy atom. The predicted octanol–water partition coefficient (Wildman–Crippen LogP) is 4.31. The van der Waals surface area contributed by atoms with Gasteiger partial charge in [-0.25, -0.2) is 0 Å². The summed E-state index contributed by atoms with van der Waals surface area (Å²) in [7, 11) is 0. The number of anilines is 1. The fraction of sp³-hybridized carbons (Fsp3) is 0.481. The van der Waals surface area contributed by atoms with E-state index in [9.17, 15) is 9.59 Å². The summed E-state index contributed by atoms with van der Waals surface area (Å²) in [5.74, 6) is 2.67. The molecule has 2 amide bonds. The first-order valence-corrected chi connectivity index (χ1v) is 12.0.